The zero-order valence-electron chi connectivity index (χ0n) is 14.7. The SMILES string of the molecule is Cn1nc([C@@H]2CCCN(C(=O)COc3ccccc3)C2)c2nccnc21. The molecule has 1 atom stereocenters. The number of benzene rings is 1. The van der Waals surface area contributed by atoms with Gasteiger partial charge in [-0.15, -0.1) is 0 Å². The van der Waals surface area contributed by atoms with Crippen molar-refractivity contribution >= 4 is 17.1 Å². The summed E-state index contributed by atoms with van der Waals surface area (Å²) in [5.74, 6) is 0.884. The minimum absolute atomic E-state index is 0.00451. The standard InChI is InChI=1S/C19H21N5O2/c1-23-19-18(20-9-10-21-19)17(22-23)14-6-5-11-24(12-14)16(25)13-26-15-7-3-2-4-8-15/h2-4,7-10,14H,5-6,11-13H2,1H3/t14-/m1/s1. The Balaban J connectivity index is 1.46. The highest BCUT2D eigenvalue weighted by atomic mass is 16.5. The first-order valence-corrected chi connectivity index (χ1v) is 8.81. The average molecular weight is 351 g/mol. The lowest BCUT2D eigenvalue weighted by molar-refractivity contribution is -0.134. The zero-order valence-corrected chi connectivity index (χ0v) is 14.7. The summed E-state index contributed by atoms with van der Waals surface area (Å²) in [6, 6.07) is 9.41. The molecule has 0 saturated carbocycles. The number of rotatable bonds is 4. The van der Waals surface area contributed by atoms with E-state index in [-0.39, 0.29) is 18.4 Å². The number of carbonyl (C=O) groups is 1. The lowest BCUT2D eigenvalue weighted by atomic mass is 9.94. The van der Waals surface area contributed by atoms with Crippen molar-refractivity contribution in [1.82, 2.24) is 24.6 Å². The Hall–Kier alpha value is -2.96. The monoisotopic (exact) mass is 351 g/mol. The van der Waals surface area contributed by atoms with Crippen LogP contribution in [0.15, 0.2) is 42.7 Å². The van der Waals surface area contributed by atoms with E-state index >= 15 is 0 Å². The van der Waals surface area contributed by atoms with E-state index in [2.05, 4.69) is 15.1 Å². The molecule has 4 rings (SSSR count). The second-order valence-corrected chi connectivity index (χ2v) is 6.52. The largest absolute Gasteiger partial charge is 0.484 e. The van der Waals surface area contributed by atoms with Gasteiger partial charge in [-0.25, -0.2) is 14.6 Å². The third kappa shape index (κ3) is 3.24. The minimum atomic E-state index is 0.00451. The Morgan fingerprint density at radius 1 is 1.23 bits per heavy atom. The van der Waals surface area contributed by atoms with E-state index < -0.39 is 0 Å². The zero-order chi connectivity index (χ0) is 17.9. The van der Waals surface area contributed by atoms with Gasteiger partial charge in [0.25, 0.3) is 5.91 Å². The topological polar surface area (TPSA) is 73.1 Å². The molecular formula is C19H21N5O2. The van der Waals surface area contributed by atoms with Crippen LogP contribution in [-0.2, 0) is 11.8 Å². The maximum Gasteiger partial charge on any atom is 0.260 e. The van der Waals surface area contributed by atoms with Crippen LogP contribution < -0.4 is 4.74 Å². The van der Waals surface area contributed by atoms with Crippen molar-refractivity contribution < 1.29 is 9.53 Å². The summed E-state index contributed by atoms with van der Waals surface area (Å²) in [4.78, 5) is 23.2. The van der Waals surface area contributed by atoms with Crippen LogP contribution in [0.1, 0.15) is 24.5 Å². The molecule has 0 N–H and O–H groups in total. The molecule has 3 aromatic rings. The summed E-state index contributed by atoms with van der Waals surface area (Å²) in [5, 5.41) is 4.62. The number of piperidine rings is 1. The number of aryl methyl sites for hydroxylation is 1. The Bertz CT molecular complexity index is 909. The second kappa shape index (κ2) is 7.11. The van der Waals surface area contributed by atoms with E-state index in [0.717, 1.165) is 36.2 Å². The van der Waals surface area contributed by atoms with Crippen LogP contribution in [0.4, 0.5) is 0 Å². The molecule has 7 nitrogen and oxygen atoms in total. The molecule has 1 saturated heterocycles. The number of hydrogen-bond donors (Lipinski definition) is 0. The predicted octanol–water partition coefficient (Wildman–Crippen LogP) is 2.15. The molecule has 0 bridgehead atoms. The van der Waals surface area contributed by atoms with Crippen LogP contribution in [0, 0.1) is 0 Å². The number of aromatic nitrogens is 4. The number of amides is 1. The number of carbonyl (C=O) groups excluding carboxylic acids is 1. The van der Waals surface area contributed by atoms with Gasteiger partial charge in [-0.1, -0.05) is 18.2 Å². The van der Waals surface area contributed by atoms with Gasteiger partial charge in [0.05, 0.1) is 5.69 Å². The first-order valence-electron chi connectivity index (χ1n) is 8.81. The molecule has 1 aliphatic rings. The van der Waals surface area contributed by atoms with Crippen molar-refractivity contribution in [1.29, 1.82) is 0 Å². The first kappa shape index (κ1) is 16.5. The van der Waals surface area contributed by atoms with Gasteiger partial charge >= 0.3 is 0 Å². The summed E-state index contributed by atoms with van der Waals surface area (Å²) >= 11 is 0. The van der Waals surface area contributed by atoms with Crippen molar-refractivity contribution in [2.24, 2.45) is 7.05 Å². The molecule has 1 aromatic carbocycles. The van der Waals surface area contributed by atoms with Gasteiger partial charge in [0.1, 0.15) is 11.3 Å². The van der Waals surface area contributed by atoms with Crippen LogP contribution in [0.2, 0.25) is 0 Å². The van der Waals surface area contributed by atoms with Gasteiger partial charge in [0.15, 0.2) is 12.3 Å². The number of ether oxygens (including phenoxy) is 1. The predicted molar refractivity (Wildman–Crippen MR) is 96.8 cm³/mol. The molecule has 3 heterocycles. The van der Waals surface area contributed by atoms with Gasteiger partial charge in [0.2, 0.25) is 0 Å². The second-order valence-electron chi connectivity index (χ2n) is 6.52. The lowest BCUT2D eigenvalue weighted by Crippen LogP contribution is -2.41. The molecule has 1 fully saturated rings. The molecular weight excluding hydrogens is 330 g/mol. The number of fused-ring (bicyclic) bond motifs is 1. The van der Waals surface area contributed by atoms with Crippen LogP contribution >= 0.6 is 0 Å². The van der Waals surface area contributed by atoms with Gasteiger partial charge in [-0.3, -0.25) is 4.79 Å². The summed E-state index contributed by atoms with van der Waals surface area (Å²) in [6.07, 6.45) is 5.30. The smallest absolute Gasteiger partial charge is 0.260 e. The van der Waals surface area contributed by atoms with E-state index in [4.69, 9.17) is 4.74 Å². The third-order valence-electron chi connectivity index (χ3n) is 4.75. The van der Waals surface area contributed by atoms with E-state index in [1.165, 1.54) is 0 Å². The Kier molecular flexibility index (Phi) is 4.51. The van der Waals surface area contributed by atoms with Crippen molar-refractivity contribution in [3.05, 3.63) is 48.4 Å². The van der Waals surface area contributed by atoms with E-state index in [1.54, 1.807) is 17.1 Å². The quantitative estimate of drug-likeness (QED) is 0.720. The molecule has 1 amide bonds. The van der Waals surface area contributed by atoms with E-state index in [0.29, 0.717) is 12.3 Å². The molecule has 26 heavy (non-hydrogen) atoms. The molecule has 0 unspecified atom stereocenters. The molecule has 0 radical (unpaired) electrons. The number of nitrogens with zero attached hydrogens (tertiary/aromatic N) is 5. The van der Waals surface area contributed by atoms with Gasteiger partial charge in [-0.05, 0) is 25.0 Å². The Labute approximate surface area is 151 Å². The highest BCUT2D eigenvalue weighted by molar-refractivity contribution is 5.78. The maximum atomic E-state index is 12.6. The fourth-order valence-electron chi connectivity index (χ4n) is 3.46. The summed E-state index contributed by atoms with van der Waals surface area (Å²) in [5.41, 5.74) is 2.53. The molecule has 0 spiro atoms. The number of para-hydroxylation sites is 1. The van der Waals surface area contributed by atoms with Crippen molar-refractivity contribution in [2.45, 2.75) is 18.8 Å². The van der Waals surface area contributed by atoms with Crippen molar-refractivity contribution in [3.63, 3.8) is 0 Å². The summed E-state index contributed by atoms with van der Waals surface area (Å²) in [6.45, 7) is 1.45. The molecule has 1 aliphatic heterocycles. The minimum Gasteiger partial charge on any atom is -0.484 e. The molecule has 134 valence electrons. The molecule has 7 heteroatoms. The van der Waals surface area contributed by atoms with Crippen LogP contribution in [0.25, 0.3) is 11.2 Å². The van der Waals surface area contributed by atoms with Gasteiger partial charge < -0.3 is 9.64 Å². The Morgan fingerprint density at radius 2 is 2.04 bits per heavy atom. The Morgan fingerprint density at radius 3 is 2.88 bits per heavy atom. The maximum absolute atomic E-state index is 12.6. The molecule has 2 aromatic heterocycles. The van der Waals surface area contributed by atoms with Gasteiger partial charge in [0, 0.05) is 38.4 Å². The summed E-state index contributed by atoms with van der Waals surface area (Å²) < 4.78 is 7.36. The van der Waals surface area contributed by atoms with Crippen molar-refractivity contribution in [3.8, 4) is 5.75 Å². The summed E-state index contributed by atoms with van der Waals surface area (Å²) in [7, 11) is 1.87. The number of hydrogen-bond acceptors (Lipinski definition) is 5. The van der Waals surface area contributed by atoms with E-state index in [1.807, 2.05) is 42.3 Å². The van der Waals surface area contributed by atoms with Crippen molar-refractivity contribution in [2.75, 3.05) is 19.7 Å². The highest BCUT2D eigenvalue weighted by Gasteiger charge is 2.28. The van der Waals surface area contributed by atoms with Gasteiger partial charge in [-0.2, -0.15) is 5.10 Å². The average Bonchev–Trinajstić information content (AvgIpc) is 3.04. The van der Waals surface area contributed by atoms with E-state index in [9.17, 15) is 4.79 Å². The normalized spacial score (nSPS) is 17.4. The number of likely N-dealkylation sites (tertiary alicyclic amines) is 1. The van der Waals surface area contributed by atoms with Crippen LogP contribution in [0.5, 0.6) is 5.75 Å². The van der Waals surface area contributed by atoms with Crippen LogP contribution in [0.3, 0.4) is 0 Å². The first-order chi connectivity index (χ1) is 12.7. The molecule has 0 aliphatic carbocycles. The lowest BCUT2D eigenvalue weighted by Gasteiger charge is -2.32. The highest BCUT2D eigenvalue weighted by Crippen LogP contribution is 2.29. The fourth-order valence-corrected chi connectivity index (χ4v) is 3.46. The fraction of sp³-hybridized carbons (Fsp3) is 0.368. The third-order valence-corrected chi connectivity index (χ3v) is 4.75. The van der Waals surface area contributed by atoms with Crippen LogP contribution in [-0.4, -0.2) is 50.3 Å².